The second kappa shape index (κ2) is 5.30. The molecule has 0 aliphatic carbocycles. The monoisotopic (exact) mass is 301 g/mol. The summed E-state index contributed by atoms with van der Waals surface area (Å²) >= 11 is -3.77. The molecule has 0 aromatic carbocycles. The molecule has 3 amide bonds. The Morgan fingerprint density at radius 3 is 1.15 bits per heavy atom. The van der Waals surface area contributed by atoms with Crippen molar-refractivity contribution < 1.29 is 23.4 Å². The van der Waals surface area contributed by atoms with E-state index >= 15 is 0 Å². The van der Waals surface area contributed by atoms with E-state index in [4.69, 9.17) is 0 Å². The third kappa shape index (κ3) is 7.00. The van der Waals surface area contributed by atoms with Crippen LogP contribution in [0.5, 0.6) is 0 Å². The van der Waals surface area contributed by atoms with Crippen molar-refractivity contribution >= 4 is 39.8 Å². The molecule has 0 rings (SSSR count). The van der Waals surface area contributed by atoms with E-state index in [2.05, 4.69) is 26.2 Å². The van der Waals surface area contributed by atoms with Gasteiger partial charge in [0, 0.05) is 0 Å². The maximum atomic E-state index is 10.2. The molecular weight excluding hydrogens is 296 g/mol. The first-order valence-electron chi connectivity index (χ1n) is 2.64. The summed E-state index contributed by atoms with van der Waals surface area (Å²) < 4.78 is 12.4. The number of hydrogen-bond acceptors (Lipinski definition) is 6. The van der Waals surface area contributed by atoms with E-state index in [1.165, 1.54) is 0 Å². The topological polar surface area (TPSA) is 157 Å². The van der Waals surface area contributed by atoms with Crippen molar-refractivity contribution in [1.29, 1.82) is 0 Å². The Bertz CT molecular complexity index is 193. The Kier molecular flexibility index (Phi) is 4.75. The van der Waals surface area contributed by atoms with Gasteiger partial charge in [-0.2, -0.15) is 0 Å². The molecule has 0 bridgehead atoms. The van der Waals surface area contributed by atoms with Crippen LogP contribution in [-0.4, -0.2) is 39.8 Å². The summed E-state index contributed by atoms with van der Waals surface area (Å²) in [6.45, 7) is 0. The van der Waals surface area contributed by atoms with E-state index in [0.717, 1.165) is 0 Å². The minimum absolute atomic E-state index is 1.24. The van der Waals surface area contributed by atoms with Gasteiger partial charge in [0.25, 0.3) is 0 Å². The minimum atomic E-state index is -3.77. The van der Waals surface area contributed by atoms with Crippen LogP contribution in [-0.2, 0) is 9.05 Å². The zero-order valence-electron chi connectivity index (χ0n) is 6.13. The van der Waals surface area contributed by atoms with Crippen LogP contribution < -0.4 is 17.2 Å². The fourth-order valence-electron chi connectivity index (χ4n) is 0.276. The molecule has 74 valence electrons. The average Bonchev–Trinajstić information content (AvgIpc) is 1.80. The number of primary amides is 3. The molecule has 0 unspecified atom stereocenters. The summed E-state index contributed by atoms with van der Waals surface area (Å²) in [6.07, 6.45) is -3.73. The summed E-state index contributed by atoms with van der Waals surface area (Å²) in [5, 5.41) is 0. The van der Waals surface area contributed by atoms with Gasteiger partial charge in [0.15, 0.2) is 0 Å². The van der Waals surface area contributed by atoms with Crippen molar-refractivity contribution in [2.75, 3.05) is 0 Å². The fourth-order valence-corrected chi connectivity index (χ4v) is 1.85. The van der Waals surface area contributed by atoms with Crippen LogP contribution >= 0.6 is 0 Å². The van der Waals surface area contributed by atoms with E-state index in [1.807, 2.05) is 0 Å². The van der Waals surface area contributed by atoms with Crippen molar-refractivity contribution in [2.24, 2.45) is 17.2 Å². The molecule has 0 aromatic rings. The molecule has 0 aliphatic heterocycles. The van der Waals surface area contributed by atoms with Gasteiger partial charge in [0.2, 0.25) is 0 Å². The number of rotatable bonds is 3. The third-order valence-corrected chi connectivity index (χ3v) is 3.31. The van der Waals surface area contributed by atoms with Crippen LogP contribution in [0.2, 0.25) is 0 Å². The van der Waals surface area contributed by atoms with Crippen LogP contribution in [0.3, 0.4) is 0 Å². The van der Waals surface area contributed by atoms with E-state index in [0.29, 0.717) is 0 Å². The summed E-state index contributed by atoms with van der Waals surface area (Å²) in [4.78, 5) is 30.5. The van der Waals surface area contributed by atoms with Gasteiger partial charge >= 0.3 is 80.4 Å². The molecular formula is C3H6N3O6Sb. The van der Waals surface area contributed by atoms with Gasteiger partial charge in [-0.3, -0.25) is 0 Å². The molecule has 10 heteroatoms. The Balaban J connectivity index is 4.10. The first kappa shape index (κ1) is 11.6. The Morgan fingerprint density at radius 2 is 1.00 bits per heavy atom. The van der Waals surface area contributed by atoms with Crippen LogP contribution in [0, 0.1) is 0 Å². The van der Waals surface area contributed by atoms with Gasteiger partial charge in [-0.1, -0.05) is 0 Å². The molecule has 6 N–H and O–H groups in total. The molecule has 0 radical (unpaired) electrons. The Morgan fingerprint density at radius 1 is 0.769 bits per heavy atom. The third-order valence-electron chi connectivity index (χ3n) is 0.494. The fraction of sp³-hybridized carbons (Fsp3) is 0. The van der Waals surface area contributed by atoms with E-state index < -0.39 is 39.8 Å². The van der Waals surface area contributed by atoms with Crippen molar-refractivity contribution in [3.05, 3.63) is 0 Å². The second-order valence-electron chi connectivity index (χ2n) is 1.45. The van der Waals surface area contributed by atoms with E-state index in [1.54, 1.807) is 0 Å². The summed E-state index contributed by atoms with van der Waals surface area (Å²) in [6, 6.07) is 0. The Labute approximate surface area is 80.7 Å². The first-order chi connectivity index (χ1) is 5.91. The zero-order chi connectivity index (χ0) is 10.4. The van der Waals surface area contributed by atoms with Gasteiger partial charge in [0.05, 0.1) is 0 Å². The zero-order valence-corrected chi connectivity index (χ0v) is 8.68. The summed E-state index contributed by atoms with van der Waals surface area (Å²) in [5.41, 5.74) is 13.7. The van der Waals surface area contributed by atoms with Gasteiger partial charge in [-0.05, 0) is 0 Å². The van der Waals surface area contributed by atoms with Crippen molar-refractivity contribution in [2.45, 2.75) is 0 Å². The molecule has 0 atom stereocenters. The predicted molar refractivity (Wildman–Crippen MR) is 37.8 cm³/mol. The van der Waals surface area contributed by atoms with Crippen LogP contribution in [0.15, 0.2) is 0 Å². The Hall–Kier alpha value is -1.37. The quantitative estimate of drug-likeness (QED) is 0.525. The normalized spacial score (nSPS) is 9.00. The maximum absolute atomic E-state index is 10.2. The molecule has 0 aromatic heterocycles. The van der Waals surface area contributed by atoms with Crippen molar-refractivity contribution in [3.8, 4) is 0 Å². The molecule has 0 heterocycles. The number of hydrogen-bond donors (Lipinski definition) is 3. The molecule has 9 nitrogen and oxygen atoms in total. The van der Waals surface area contributed by atoms with Gasteiger partial charge < -0.3 is 0 Å². The average molecular weight is 302 g/mol. The van der Waals surface area contributed by atoms with Gasteiger partial charge in [0.1, 0.15) is 0 Å². The van der Waals surface area contributed by atoms with E-state index in [9.17, 15) is 14.4 Å². The number of nitrogens with two attached hydrogens (primary N) is 3. The van der Waals surface area contributed by atoms with Crippen LogP contribution in [0.25, 0.3) is 0 Å². The molecule has 0 aliphatic rings. The van der Waals surface area contributed by atoms with Crippen LogP contribution in [0.4, 0.5) is 14.4 Å². The SMILES string of the molecule is NC(=O)[O][Sb]([O]C(N)=O)[O]C(N)=O. The standard InChI is InChI=1S/3CH3NO2.Sb/c3*2-1(3)4;/h3*2H2,(H,3,4);/q;;;+3/p-3. The molecule has 0 saturated carbocycles. The van der Waals surface area contributed by atoms with Crippen molar-refractivity contribution in [3.63, 3.8) is 0 Å². The molecule has 0 saturated heterocycles. The first-order valence-corrected chi connectivity index (χ1v) is 5.77. The summed E-state index contributed by atoms with van der Waals surface area (Å²) in [7, 11) is 0. The number of amides is 3. The molecule has 0 fully saturated rings. The van der Waals surface area contributed by atoms with Crippen LogP contribution in [0.1, 0.15) is 0 Å². The number of carbonyl (C=O) groups is 3. The summed E-state index contributed by atoms with van der Waals surface area (Å²) in [5.74, 6) is 0. The van der Waals surface area contributed by atoms with E-state index in [-0.39, 0.29) is 0 Å². The van der Waals surface area contributed by atoms with Gasteiger partial charge in [-0.25, -0.2) is 0 Å². The molecule has 0 spiro atoms. The second-order valence-corrected chi connectivity index (χ2v) is 4.29. The predicted octanol–water partition coefficient (Wildman–Crippen LogP) is -1.74. The number of carbonyl (C=O) groups excluding carboxylic acids is 3. The van der Waals surface area contributed by atoms with Gasteiger partial charge in [-0.15, -0.1) is 0 Å². The van der Waals surface area contributed by atoms with Crippen molar-refractivity contribution in [1.82, 2.24) is 0 Å². The molecule has 13 heavy (non-hydrogen) atoms.